The van der Waals surface area contributed by atoms with Crippen molar-refractivity contribution < 1.29 is 27.8 Å². The summed E-state index contributed by atoms with van der Waals surface area (Å²) < 4.78 is 48.9. The van der Waals surface area contributed by atoms with Crippen LogP contribution in [0.5, 0.6) is 11.5 Å². The molecule has 0 bridgehead atoms. The first-order chi connectivity index (χ1) is 21.3. The average Bonchev–Trinajstić information content (AvgIpc) is 3.03. The molecule has 0 aliphatic rings. The predicted molar refractivity (Wildman–Crippen MR) is 166 cm³/mol. The summed E-state index contributed by atoms with van der Waals surface area (Å²) in [6.07, 6.45) is 2.45. The van der Waals surface area contributed by atoms with E-state index < -0.39 is 12.7 Å². The number of halogens is 3. The standard InChI is InChI=1S/C32H39F3N6O3/c1-43-27-16-26(17-28(19-27)44-2)41(13-6-11-37-22-32(33,34)35)25-7-8-29-30(18-25)40-31(21-39-29)23-9-12-38-24(15-23)20-36-10-4-3-5-14-42/h7-9,12,15-19,21,36-37,42H,3-6,10-11,13-14,20,22H2,1-2H3. The molecule has 0 aliphatic carbocycles. The van der Waals surface area contributed by atoms with E-state index in [2.05, 4.69) is 20.6 Å². The van der Waals surface area contributed by atoms with Gasteiger partial charge in [0.2, 0.25) is 0 Å². The zero-order valence-corrected chi connectivity index (χ0v) is 25.0. The summed E-state index contributed by atoms with van der Waals surface area (Å²) in [5.74, 6) is 1.19. The number of methoxy groups -OCH3 is 2. The molecule has 0 unspecified atom stereocenters. The molecule has 2 heterocycles. The number of rotatable bonds is 17. The summed E-state index contributed by atoms with van der Waals surface area (Å²) in [6, 6.07) is 15.1. The van der Waals surface area contributed by atoms with Crippen molar-refractivity contribution in [3.8, 4) is 22.8 Å². The van der Waals surface area contributed by atoms with Gasteiger partial charge in [-0.3, -0.25) is 9.97 Å². The van der Waals surface area contributed by atoms with Crippen molar-refractivity contribution in [3.05, 3.63) is 66.6 Å². The summed E-state index contributed by atoms with van der Waals surface area (Å²) >= 11 is 0. The molecule has 0 saturated carbocycles. The van der Waals surface area contributed by atoms with Crippen LogP contribution in [0.2, 0.25) is 0 Å². The second kappa shape index (κ2) is 16.2. The van der Waals surface area contributed by atoms with Crippen LogP contribution in [0.4, 0.5) is 24.5 Å². The highest BCUT2D eigenvalue weighted by Crippen LogP contribution is 2.34. The lowest BCUT2D eigenvalue weighted by molar-refractivity contribution is -0.124. The molecule has 12 heteroatoms. The van der Waals surface area contributed by atoms with E-state index in [0.29, 0.717) is 47.7 Å². The largest absolute Gasteiger partial charge is 0.497 e. The minimum Gasteiger partial charge on any atom is -0.497 e. The monoisotopic (exact) mass is 612 g/mol. The fraction of sp³-hybridized carbons (Fsp3) is 0.406. The highest BCUT2D eigenvalue weighted by molar-refractivity contribution is 5.82. The molecule has 0 atom stereocenters. The summed E-state index contributed by atoms with van der Waals surface area (Å²) in [4.78, 5) is 16.0. The maximum atomic E-state index is 12.6. The van der Waals surface area contributed by atoms with Gasteiger partial charge in [0.05, 0.1) is 49.4 Å². The molecule has 4 rings (SSSR count). The lowest BCUT2D eigenvalue weighted by Crippen LogP contribution is -2.31. The number of aliphatic hydroxyl groups is 1. The van der Waals surface area contributed by atoms with Crippen LogP contribution in [0.25, 0.3) is 22.3 Å². The van der Waals surface area contributed by atoms with E-state index in [1.807, 2.05) is 47.4 Å². The predicted octanol–water partition coefficient (Wildman–Crippen LogP) is 5.64. The van der Waals surface area contributed by atoms with Gasteiger partial charge in [-0.05, 0) is 69.1 Å². The minimum atomic E-state index is -4.26. The van der Waals surface area contributed by atoms with Crippen LogP contribution < -0.4 is 25.0 Å². The zero-order chi connectivity index (χ0) is 31.4. The fourth-order valence-corrected chi connectivity index (χ4v) is 4.74. The molecule has 2 aromatic carbocycles. The van der Waals surface area contributed by atoms with Gasteiger partial charge in [-0.25, -0.2) is 4.98 Å². The Morgan fingerprint density at radius 3 is 2.32 bits per heavy atom. The van der Waals surface area contributed by atoms with Crippen molar-refractivity contribution in [1.82, 2.24) is 25.6 Å². The summed E-state index contributed by atoms with van der Waals surface area (Å²) in [5.41, 5.74) is 5.44. The molecule has 0 radical (unpaired) electrons. The SMILES string of the molecule is COc1cc(OC)cc(N(CCCNCC(F)(F)F)c2ccc3ncc(-c4ccnc(CNCCCCCO)c4)nc3c2)c1. The highest BCUT2D eigenvalue weighted by Gasteiger charge is 2.26. The van der Waals surface area contributed by atoms with Crippen LogP contribution in [0.15, 0.2) is 60.9 Å². The number of hydrogen-bond donors (Lipinski definition) is 3. The lowest BCUT2D eigenvalue weighted by atomic mass is 10.1. The lowest BCUT2D eigenvalue weighted by Gasteiger charge is -2.26. The number of benzene rings is 2. The van der Waals surface area contributed by atoms with Crippen molar-refractivity contribution in [2.75, 3.05) is 51.9 Å². The molecule has 236 valence electrons. The van der Waals surface area contributed by atoms with Crippen molar-refractivity contribution in [2.24, 2.45) is 0 Å². The van der Waals surface area contributed by atoms with E-state index in [1.165, 1.54) is 0 Å². The number of unbranched alkanes of at least 4 members (excludes halogenated alkanes) is 2. The number of fused-ring (bicyclic) bond motifs is 1. The third-order valence-electron chi connectivity index (χ3n) is 6.98. The molecule has 0 aliphatic heterocycles. The summed E-state index contributed by atoms with van der Waals surface area (Å²) in [6.45, 7) is 1.27. The Kier molecular flexibility index (Phi) is 12.1. The van der Waals surface area contributed by atoms with Crippen molar-refractivity contribution in [3.63, 3.8) is 0 Å². The number of nitrogens with zero attached hydrogens (tertiary/aromatic N) is 4. The Bertz CT molecular complexity index is 1470. The van der Waals surface area contributed by atoms with Crippen LogP contribution in [-0.4, -0.2) is 73.2 Å². The maximum absolute atomic E-state index is 12.6. The molecule has 2 aromatic heterocycles. The van der Waals surface area contributed by atoms with E-state index in [4.69, 9.17) is 19.6 Å². The third kappa shape index (κ3) is 9.76. The second-order valence-electron chi connectivity index (χ2n) is 10.3. The Balaban J connectivity index is 1.58. The van der Waals surface area contributed by atoms with Gasteiger partial charge in [-0.2, -0.15) is 13.2 Å². The maximum Gasteiger partial charge on any atom is 0.401 e. The Hall–Kier alpha value is -4.00. The van der Waals surface area contributed by atoms with Gasteiger partial charge in [0.15, 0.2) is 0 Å². The van der Waals surface area contributed by atoms with Gasteiger partial charge >= 0.3 is 6.18 Å². The number of nitrogens with one attached hydrogen (secondary N) is 2. The van der Waals surface area contributed by atoms with Crippen molar-refractivity contribution in [2.45, 2.75) is 38.4 Å². The van der Waals surface area contributed by atoms with E-state index in [1.54, 1.807) is 32.7 Å². The molecule has 0 fully saturated rings. The van der Waals surface area contributed by atoms with Gasteiger partial charge in [0.25, 0.3) is 0 Å². The quantitative estimate of drug-likeness (QED) is 0.131. The smallest absolute Gasteiger partial charge is 0.401 e. The van der Waals surface area contributed by atoms with E-state index in [0.717, 1.165) is 48.4 Å². The Morgan fingerprint density at radius 2 is 1.59 bits per heavy atom. The van der Waals surface area contributed by atoms with Crippen molar-refractivity contribution >= 4 is 22.4 Å². The molecule has 4 aromatic rings. The van der Waals surface area contributed by atoms with Crippen LogP contribution >= 0.6 is 0 Å². The molecule has 44 heavy (non-hydrogen) atoms. The van der Waals surface area contributed by atoms with Crippen LogP contribution in [0, 0.1) is 0 Å². The van der Waals surface area contributed by atoms with Gasteiger partial charge in [0.1, 0.15) is 11.5 Å². The van der Waals surface area contributed by atoms with Crippen LogP contribution in [0.3, 0.4) is 0 Å². The summed E-state index contributed by atoms with van der Waals surface area (Å²) in [7, 11) is 3.13. The number of ether oxygens (including phenoxy) is 2. The number of alkyl halides is 3. The van der Waals surface area contributed by atoms with Crippen LogP contribution in [-0.2, 0) is 6.54 Å². The van der Waals surface area contributed by atoms with E-state index in [9.17, 15) is 13.2 Å². The van der Waals surface area contributed by atoms with Gasteiger partial charge < -0.3 is 30.1 Å². The molecule has 3 N–H and O–H groups in total. The summed E-state index contributed by atoms with van der Waals surface area (Å²) in [5, 5.41) is 14.8. The number of anilines is 2. The zero-order valence-electron chi connectivity index (χ0n) is 25.0. The number of pyridine rings is 1. The van der Waals surface area contributed by atoms with E-state index in [-0.39, 0.29) is 13.2 Å². The Morgan fingerprint density at radius 1 is 0.818 bits per heavy atom. The highest BCUT2D eigenvalue weighted by atomic mass is 19.4. The first kappa shape index (κ1) is 32.9. The van der Waals surface area contributed by atoms with Crippen molar-refractivity contribution in [1.29, 1.82) is 0 Å². The second-order valence-corrected chi connectivity index (χ2v) is 10.3. The van der Waals surface area contributed by atoms with Crippen LogP contribution in [0.1, 0.15) is 31.4 Å². The normalized spacial score (nSPS) is 11.6. The third-order valence-corrected chi connectivity index (χ3v) is 6.98. The molecule has 9 nitrogen and oxygen atoms in total. The molecule has 0 saturated heterocycles. The van der Waals surface area contributed by atoms with Gasteiger partial charge in [-0.1, -0.05) is 0 Å². The number of hydrogen-bond acceptors (Lipinski definition) is 9. The fourth-order valence-electron chi connectivity index (χ4n) is 4.74. The first-order valence-electron chi connectivity index (χ1n) is 14.6. The van der Waals surface area contributed by atoms with E-state index >= 15 is 0 Å². The average molecular weight is 613 g/mol. The number of aromatic nitrogens is 3. The molecular weight excluding hydrogens is 573 g/mol. The molecular formula is C32H39F3N6O3. The van der Waals surface area contributed by atoms with Gasteiger partial charge in [0, 0.05) is 61.0 Å². The topological polar surface area (TPSA) is 105 Å². The Labute approximate surface area is 255 Å². The number of aliphatic hydroxyl groups excluding tert-OH is 1. The van der Waals surface area contributed by atoms with Gasteiger partial charge in [-0.15, -0.1) is 0 Å². The minimum absolute atomic E-state index is 0.191. The molecule has 0 spiro atoms. The first-order valence-corrected chi connectivity index (χ1v) is 14.6. The molecule has 0 amide bonds.